The fourth-order valence-electron chi connectivity index (χ4n) is 1.88. The van der Waals surface area contributed by atoms with Gasteiger partial charge < -0.3 is 15.1 Å². The van der Waals surface area contributed by atoms with Gasteiger partial charge in [0.2, 0.25) is 0 Å². The summed E-state index contributed by atoms with van der Waals surface area (Å²) in [5, 5.41) is 18.6. The van der Waals surface area contributed by atoms with Crippen molar-refractivity contribution in [3.8, 4) is 0 Å². The van der Waals surface area contributed by atoms with Crippen LogP contribution in [0.15, 0.2) is 30.8 Å². The molecule has 1 unspecified atom stereocenters. The van der Waals surface area contributed by atoms with Crippen molar-refractivity contribution in [3.05, 3.63) is 42.0 Å². The van der Waals surface area contributed by atoms with Gasteiger partial charge in [0, 0.05) is 16.8 Å². The van der Waals surface area contributed by atoms with Crippen molar-refractivity contribution in [3.63, 3.8) is 0 Å². The van der Waals surface area contributed by atoms with Crippen LogP contribution in [0.25, 0.3) is 5.70 Å². The van der Waals surface area contributed by atoms with E-state index in [0.29, 0.717) is 16.8 Å². The van der Waals surface area contributed by atoms with Crippen LogP contribution in [-0.4, -0.2) is 39.1 Å². The van der Waals surface area contributed by atoms with Gasteiger partial charge in [-0.05, 0) is 13.0 Å². The van der Waals surface area contributed by atoms with Crippen molar-refractivity contribution in [2.75, 3.05) is 6.54 Å². The van der Waals surface area contributed by atoms with Gasteiger partial charge >= 0.3 is 5.97 Å². The first kappa shape index (κ1) is 12.3. The van der Waals surface area contributed by atoms with E-state index in [1.165, 1.54) is 4.90 Å². The zero-order chi connectivity index (χ0) is 13.5. The Bertz CT molecular complexity index is 513. The minimum atomic E-state index is -2.00. The molecule has 5 heteroatoms. The second-order valence-corrected chi connectivity index (χ2v) is 4.46. The number of hydrogen-bond donors (Lipinski definition) is 2. The summed E-state index contributed by atoms with van der Waals surface area (Å²) in [5.74, 6) is -1.71. The molecule has 1 aliphatic heterocycles. The van der Waals surface area contributed by atoms with E-state index in [1.807, 2.05) is 0 Å². The fourth-order valence-corrected chi connectivity index (χ4v) is 1.88. The third-order valence-corrected chi connectivity index (χ3v) is 2.97. The summed E-state index contributed by atoms with van der Waals surface area (Å²) in [6.07, 6.45) is 0. The number of aliphatic carboxylic acids is 1. The molecule has 0 aliphatic carbocycles. The molecule has 1 atom stereocenters. The number of carboxylic acid groups (broad SMARTS) is 1. The third kappa shape index (κ3) is 1.78. The molecule has 0 aromatic heterocycles. The number of nitrogens with zero attached hydrogens (tertiary/aromatic N) is 1. The van der Waals surface area contributed by atoms with E-state index in [1.54, 1.807) is 24.3 Å². The van der Waals surface area contributed by atoms with E-state index < -0.39 is 11.6 Å². The lowest BCUT2D eigenvalue weighted by Gasteiger charge is -2.25. The fraction of sp³-hybridized carbons (Fsp3) is 0.231. The van der Waals surface area contributed by atoms with Crippen molar-refractivity contribution in [2.45, 2.75) is 12.5 Å². The maximum atomic E-state index is 12.1. The Morgan fingerprint density at radius 3 is 2.44 bits per heavy atom. The number of hydrogen-bond acceptors (Lipinski definition) is 3. The molecule has 0 fully saturated rings. The standard InChI is InChI=1S/C13H13NO4/c1-8-9-5-3-4-6-10(9)11(15)14(8)7-13(2,18)12(16)17/h3-6,18H,1,7H2,2H3,(H,16,17). The van der Waals surface area contributed by atoms with E-state index >= 15 is 0 Å². The first-order chi connectivity index (χ1) is 8.34. The SMILES string of the molecule is C=C1c2ccccc2C(=O)N1CC(C)(O)C(=O)O. The predicted molar refractivity (Wildman–Crippen MR) is 64.8 cm³/mol. The van der Waals surface area contributed by atoms with Crippen LogP contribution in [0.5, 0.6) is 0 Å². The summed E-state index contributed by atoms with van der Waals surface area (Å²) >= 11 is 0. The number of aliphatic hydroxyl groups is 1. The van der Waals surface area contributed by atoms with Gasteiger partial charge in [-0.2, -0.15) is 0 Å². The van der Waals surface area contributed by atoms with Crippen molar-refractivity contribution >= 4 is 17.6 Å². The number of carboxylic acids is 1. The molecule has 0 saturated heterocycles. The maximum Gasteiger partial charge on any atom is 0.337 e. The second kappa shape index (κ2) is 3.96. The van der Waals surface area contributed by atoms with Crippen molar-refractivity contribution in [1.29, 1.82) is 0 Å². The Hall–Kier alpha value is -2.14. The number of β-amino-alcohol motifs (C(OH)–C–C–N with tert-alkyl or cyclic N) is 1. The molecular formula is C13H13NO4. The number of benzene rings is 1. The van der Waals surface area contributed by atoms with Gasteiger partial charge in [-0.15, -0.1) is 0 Å². The Morgan fingerprint density at radius 2 is 1.94 bits per heavy atom. The van der Waals surface area contributed by atoms with Crippen LogP contribution in [-0.2, 0) is 4.79 Å². The molecule has 94 valence electrons. The summed E-state index contributed by atoms with van der Waals surface area (Å²) in [7, 11) is 0. The van der Waals surface area contributed by atoms with Crippen molar-refractivity contribution in [1.82, 2.24) is 4.90 Å². The van der Waals surface area contributed by atoms with Crippen LogP contribution in [0.2, 0.25) is 0 Å². The molecule has 1 heterocycles. The van der Waals surface area contributed by atoms with E-state index in [0.717, 1.165) is 6.92 Å². The second-order valence-electron chi connectivity index (χ2n) is 4.46. The zero-order valence-electron chi connectivity index (χ0n) is 9.88. The summed E-state index contributed by atoms with van der Waals surface area (Å²) < 4.78 is 0. The number of fused-ring (bicyclic) bond motifs is 1. The third-order valence-electron chi connectivity index (χ3n) is 2.97. The van der Waals surface area contributed by atoms with Gasteiger partial charge in [0.25, 0.3) is 5.91 Å². The number of carbonyl (C=O) groups is 2. The van der Waals surface area contributed by atoms with Crippen LogP contribution in [0, 0.1) is 0 Å². The highest BCUT2D eigenvalue weighted by atomic mass is 16.4. The Labute approximate surface area is 104 Å². The van der Waals surface area contributed by atoms with Crippen LogP contribution < -0.4 is 0 Å². The highest BCUT2D eigenvalue weighted by molar-refractivity contribution is 6.09. The van der Waals surface area contributed by atoms with Crippen molar-refractivity contribution < 1.29 is 19.8 Å². The Kier molecular flexibility index (Phi) is 2.71. The molecule has 2 N–H and O–H groups in total. The van der Waals surface area contributed by atoms with Gasteiger partial charge in [-0.3, -0.25) is 4.79 Å². The Balaban J connectivity index is 2.32. The molecule has 0 saturated carbocycles. The van der Waals surface area contributed by atoms with Gasteiger partial charge in [0.1, 0.15) is 0 Å². The van der Waals surface area contributed by atoms with E-state index in [-0.39, 0.29) is 12.5 Å². The monoisotopic (exact) mass is 247 g/mol. The molecular weight excluding hydrogens is 234 g/mol. The molecule has 18 heavy (non-hydrogen) atoms. The van der Waals surface area contributed by atoms with Crippen LogP contribution in [0.3, 0.4) is 0 Å². The molecule has 2 rings (SSSR count). The highest BCUT2D eigenvalue weighted by Crippen LogP contribution is 2.32. The molecule has 1 aliphatic rings. The highest BCUT2D eigenvalue weighted by Gasteiger charge is 2.39. The lowest BCUT2D eigenvalue weighted by Crippen LogP contribution is -2.46. The Morgan fingerprint density at radius 1 is 1.39 bits per heavy atom. The average Bonchev–Trinajstić information content (AvgIpc) is 2.55. The lowest BCUT2D eigenvalue weighted by atomic mass is 10.1. The van der Waals surface area contributed by atoms with Gasteiger partial charge in [-0.25, -0.2) is 4.79 Å². The first-order valence-electron chi connectivity index (χ1n) is 5.40. The van der Waals surface area contributed by atoms with Crippen LogP contribution in [0.1, 0.15) is 22.8 Å². The summed E-state index contributed by atoms with van der Waals surface area (Å²) in [5.41, 5.74) is -0.440. The zero-order valence-corrected chi connectivity index (χ0v) is 9.88. The number of amides is 1. The summed E-state index contributed by atoms with van der Waals surface area (Å²) in [6.45, 7) is 4.60. The molecule has 0 bridgehead atoms. The van der Waals surface area contributed by atoms with E-state index in [4.69, 9.17) is 5.11 Å². The quantitative estimate of drug-likeness (QED) is 0.833. The smallest absolute Gasteiger partial charge is 0.337 e. The molecule has 1 amide bonds. The van der Waals surface area contributed by atoms with Crippen LogP contribution >= 0.6 is 0 Å². The first-order valence-corrected chi connectivity index (χ1v) is 5.40. The van der Waals surface area contributed by atoms with Gasteiger partial charge in [-0.1, -0.05) is 24.8 Å². The summed E-state index contributed by atoms with van der Waals surface area (Å²) in [6, 6.07) is 6.89. The van der Waals surface area contributed by atoms with Crippen LogP contribution in [0.4, 0.5) is 0 Å². The average molecular weight is 247 g/mol. The number of carbonyl (C=O) groups excluding carboxylic acids is 1. The molecule has 0 radical (unpaired) electrons. The van der Waals surface area contributed by atoms with Gasteiger partial charge in [0.05, 0.1) is 6.54 Å². The molecule has 1 aromatic rings. The molecule has 1 aromatic carbocycles. The molecule has 5 nitrogen and oxygen atoms in total. The van der Waals surface area contributed by atoms with E-state index in [2.05, 4.69) is 6.58 Å². The topological polar surface area (TPSA) is 77.8 Å². The van der Waals surface area contributed by atoms with E-state index in [9.17, 15) is 14.7 Å². The van der Waals surface area contributed by atoms with Crippen molar-refractivity contribution in [2.24, 2.45) is 0 Å². The predicted octanol–water partition coefficient (Wildman–Crippen LogP) is 0.949. The normalized spacial score (nSPS) is 17.6. The minimum absolute atomic E-state index is 0.325. The minimum Gasteiger partial charge on any atom is -0.479 e. The number of rotatable bonds is 3. The molecule has 0 spiro atoms. The van der Waals surface area contributed by atoms with Gasteiger partial charge in [0.15, 0.2) is 5.60 Å². The summed E-state index contributed by atoms with van der Waals surface area (Å²) in [4.78, 5) is 24.1. The lowest BCUT2D eigenvalue weighted by molar-refractivity contribution is -0.157. The largest absolute Gasteiger partial charge is 0.479 e. The maximum absolute atomic E-state index is 12.1.